The Bertz CT molecular complexity index is 1000. The summed E-state index contributed by atoms with van der Waals surface area (Å²) in [7, 11) is 0. The molecule has 1 aliphatic carbocycles. The van der Waals surface area contributed by atoms with E-state index in [-0.39, 0.29) is 36.1 Å². The number of carbonyl (C=O) groups excluding carboxylic acids is 2. The first-order valence-electron chi connectivity index (χ1n) is 12.0. The van der Waals surface area contributed by atoms with Crippen molar-refractivity contribution in [3.05, 3.63) is 48.2 Å². The summed E-state index contributed by atoms with van der Waals surface area (Å²) in [6.07, 6.45) is 8.20. The Balaban J connectivity index is 1.21. The molecule has 0 unspecified atom stereocenters. The molecule has 2 heterocycles. The molecule has 1 saturated carbocycles. The zero-order chi connectivity index (χ0) is 23.9. The van der Waals surface area contributed by atoms with Crippen LogP contribution in [0.4, 0.5) is 0 Å². The van der Waals surface area contributed by atoms with Crippen molar-refractivity contribution in [3.8, 4) is 17.0 Å². The second-order valence-corrected chi connectivity index (χ2v) is 9.21. The highest BCUT2D eigenvalue weighted by atomic mass is 16.5. The minimum absolute atomic E-state index is 0.0135. The van der Waals surface area contributed by atoms with Crippen molar-refractivity contribution in [1.29, 1.82) is 5.41 Å². The van der Waals surface area contributed by atoms with Crippen molar-refractivity contribution in [2.24, 2.45) is 17.6 Å². The van der Waals surface area contributed by atoms with Gasteiger partial charge in [-0.2, -0.15) is 0 Å². The van der Waals surface area contributed by atoms with Gasteiger partial charge in [-0.15, -0.1) is 0 Å². The molecule has 0 bridgehead atoms. The van der Waals surface area contributed by atoms with E-state index in [0.29, 0.717) is 36.9 Å². The molecule has 1 amide bonds. The highest BCUT2D eigenvalue weighted by molar-refractivity contribution is 5.94. The van der Waals surface area contributed by atoms with E-state index in [1.807, 2.05) is 30.3 Å². The Labute approximate surface area is 199 Å². The number of hydrogen-bond donors (Lipinski definition) is 3. The molecule has 2 aromatic rings. The number of nitrogen functional groups attached to an aromatic ring is 1. The summed E-state index contributed by atoms with van der Waals surface area (Å²) in [5.74, 6) is 0.387. The number of rotatable bonds is 9. The third-order valence-electron chi connectivity index (χ3n) is 6.58. The van der Waals surface area contributed by atoms with Gasteiger partial charge >= 0.3 is 5.97 Å². The van der Waals surface area contributed by atoms with E-state index in [9.17, 15) is 9.59 Å². The third kappa shape index (κ3) is 6.34. The molecule has 1 aliphatic heterocycles. The molecule has 8 heteroatoms. The molecule has 2 aliphatic rings. The van der Waals surface area contributed by atoms with E-state index in [1.165, 1.54) is 19.3 Å². The Hall–Kier alpha value is -3.42. The van der Waals surface area contributed by atoms with Crippen LogP contribution < -0.4 is 15.8 Å². The Morgan fingerprint density at radius 2 is 1.85 bits per heavy atom. The number of nitrogens with zero attached hydrogens (tertiary/aromatic N) is 1. The summed E-state index contributed by atoms with van der Waals surface area (Å²) in [6.45, 7) is 0.816. The molecule has 2 fully saturated rings. The summed E-state index contributed by atoms with van der Waals surface area (Å²) < 4.78 is 11.3. The normalized spacial score (nSPS) is 20.5. The zero-order valence-electron chi connectivity index (χ0n) is 19.3. The Morgan fingerprint density at radius 3 is 2.53 bits per heavy atom. The Morgan fingerprint density at radius 1 is 1.09 bits per heavy atom. The second-order valence-electron chi connectivity index (χ2n) is 9.21. The van der Waals surface area contributed by atoms with E-state index in [4.69, 9.17) is 20.6 Å². The quantitative estimate of drug-likeness (QED) is 0.296. The van der Waals surface area contributed by atoms with E-state index in [1.54, 1.807) is 12.3 Å². The van der Waals surface area contributed by atoms with Crippen LogP contribution in [0.1, 0.15) is 50.5 Å². The van der Waals surface area contributed by atoms with Gasteiger partial charge in [0, 0.05) is 17.3 Å². The number of nitrogens with two attached hydrogens (primary N) is 1. The fourth-order valence-corrected chi connectivity index (χ4v) is 4.58. The highest BCUT2D eigenvalue weighted by Gasteiger charge is 2.34. The van der Waals surface area contributed by atoms with E-state index in [0.717, 1.165) is 24.1 Å². The number of amides is 1. The van der Waals surface area contributed by atoms with Crippen LogP contribution in [0, 0.1) is 17.2 Å². The molecule has 1 aromatic heterocycles. The van der Waals surface area contributed by atoms with Gasteiger partial charge in [-0.05, 0) is 61.6 Å². The van der Waals surface area contributed by atoms with Crippen molar-refractivity contribution in [1.82, 2.24) is 10.3 Å². The number of hydrogen-bond acceptors (Lipinski definition) is 6. The van der Waals surface area contributed by atoms with Gasteiger partial charge < -0.3 is 20.5 Å². The van der Waals surface area contributed by atoms with Crippen LogP contribution in [0.5, 0.6) is 5.75 Å². The molecular formula is C26H32N4O4. The fraction of sp³-hybridized carbons (Fsp3) is 0.462. The van der Waals surface area contributed by atoms with Crippen LogP contribution in [0.15, 0.2) is 42.6 Å². The first-order chi connectivity index (χ1) is 16.5. The number of esters is 1. The number of carbonyl (C=O) groups is 2. The second kappa shape index (κ2) is 11.1. The molecule has 2 atom stereocenters. The topological polar surface area (TPSA) is 127 Å². The zero-order valence-corrected chi connectivity index (χ0v) is 19.3. The molecule has 0 radical (unpaired) electrons. The lowest BCUT2D eigenvalue weighted by Crippen LogP contribution is -2.31. The predicted molar refractivity (Wildman–Crippen MR) is 128 cm³/mol. The minimum Gasteiger partial charge on any atom is -0.491 e. The van der Waals surface area contributed by atoms with Crippen LogP contribution in [0.2, 0.25) is 0 Å². The maximum Gasteiger partial charge on any atom is 0.306 e. The lowest BCUT2D eigenvalue weighted by molar-refractivity contribution is -0.147. The molecule has 4 rings (SSSR count). The maximum atomic E-state index is 12.3. The van der Waals surface area contributed by atoms with Gasteiger partial charge in [-0.3, -0.25) is 20.0 Å². The van der Waals surface area contributed by atoms with E-state index < -0.39 is 0 Å². The van der Waals surface area contributed by atoms with Crippen molar-refractivity contribution < 1.29 is 19.1 Å². The predicted octanol–water partition coefficient (Wildman–Crippen LogP) is 3.43. The fourth-order valence-electron chi connectivity index (χ4n) is 4.58. The van der Waals surface area contributed by atoms with Gasteiger partial charge in [0.1, 0.15) is 18.2 Å². The number of pyridine rings is 1. The van der Waals surface area contributed by atoms with Gasteiger partial charge in [0.2, 0.25) is 5.91 Å². The number of nitrogens with one attached hydrogen (secondary N) is 2. The summed E-state index contributed by atoms with van der Waals surface area (Å²) in [5, 5.41) is 10.4. The number of ether oxygens (including phenoxy) is 2. The van der Waals surface area contributed by atoms with Gasteiger partial charge in [-0.1, -0.05) is 19.3 Å². The largest absolute Gasteiger partial charge is 0.491 e. The van der Waals surface area contributed by atoms with Crippen LogP contribution in [-0.4, -0.2) is 42.0 Å². The average Bonchev–Trinajstić information content (AvgIpc) is 3.21. The summed E-state index contributed by atoms with van der Waals surface area (Å²) in [6, 6.07) is 11.0. The maximum absolute atomic E-state index is 12.3. The monoisotopic (exact) mass is 464 g/mol. The molecule has 0 spiro atoms. The van der Waals surface area contributed by atoms with Crippen molar-refractivity contribution in [3.63, 3.8) is 0 Å². The third-order valence-corrected chi connectivity index (χ3v) is 6.58. The van der Waals surface area contributed by atoms with Gasteiger partial charge in [0.05, 0.1) is 30.7 Å². The summed E-state index contributed by atoms with van der Waals surface area (Å²) in [5.41, 5.74) is 7.74. The van der Waals surface area contributed by atoms with Crippen molar-refractivity contribution >= 4 is 17.7 Å². The highest BCUT2D eigenvalue weighted by Crippen LogP contribution is 2.26. The first-order valence-corrected chi connectivity index (χ1v) is 12.0. The molecular weight excluding hydrogens is 432 g/mol. The molecule has 4 N–H and O–H groups in total. The van der Waals surface area contributed by atoms with Crippen LogP contribution >= 0.6 is 0 Å². The van der Waals surface area contributed by atoms with Crippen molar-refractivity contribution in [2.45, 2.75) is 51.0 Å². The SMILES string of the molecule is N=C(N)c1ccc(-c2ccc(OC[C@@H]3C[C@@H](CC(=O)OCC4CCCCC4)C(=O)N3)cc2)nc1. The summed E-state index contributed by atoms with van der Waals surface area (Å²) >= 11 is 0. The van der Waals surface area contributed by atoms with Gasteiger partial charge in [0.25, 0.3) is 0 Å². The average molecular weight is 465 g/mol. The summed E-state index contributed by atoms with van der Waals surface area (Å²) in [4.78, 5) is 28.9. The van der Waals surface area contributed by atoms with Crippen LogP contribution in [0.3, 0.4) is 0 Å². The Kier molecular flexibility index (Phi) is 7.77. The standard InChI is InChI=1S/C26H32N4O4/c27-25(28)19-8-11-23(29-14-19)18-6-9-22(10-7-18)33-16-21-12-20(26(32)30-21)13-24(31)34-15-17-4-2-1-3-5-17/h6-11,14,17,20-21H,1-5,12-13,15-16H2,(H3,27,28)(H,30,32)/t20-,21-/m0/s1. The van der Waals surface area contributed by atoms with Crippen LogP contribution in [-0.2, 0) is 14.3 Å². The van der Waals surface area contributed by atoms with Crippen molar-refractivity contribution in [2.75, 3.05) is 13.2 Å². The molecule has 8 nitrogen and oxygen atoms in total. The molecule has 1 aromatic carbocycles. The lowest BCUT2D eigenvalue weighted by atomic mass is 9.90. The van der Waals surface area contributed by atoms with E-state index in [2.05, 4.69) is 10.3 Å². The number of benzene rings is 1. The number of aromatic nitrogens is 1. The van der Waals surface area contributed by atoms with Gasteiger partial charge in [-0.25, -0.2) is 0 Å². The smallest absolute Gasteiger partial charge is 0.306 e. The molecule has 1 saturated heterocycles. The lowest BCUT2D eigenvalue weighted by Gasteiger charge is -2.21. The first kappa shape index (κ1) is 23.7. The molecule has 34 heavy (non-hydrogen) atoms. The van der Waals surface area contributed by atoms with Crippen LogP contribution in [0.25, 0.3) is 11.3 Å². The number of amidine groups is 1. The van der Waals surface area contributed by atoms with Gasteiger partial charge in [0.15, 0.2) is 0 Å². The minimum atomic E-state index is -0.362. The van der Waals surface area contributed by atoms with E-state index >= 15 is 0 Å². The molecule has 180 valence electrons.